The lowest BCUT2D eigenvalue weighted by atomic mass is 9.93. The predicted molar refractivity (Wildman–Crippen MR) is 103 cm³/mol. The predicted octanol–water partition coefficient (Wildman–Crippen LogP) is 2.84. The van der Waals surface area contributed by atoms with Gasteiger partial charge in [0.25, 0.3) is 0 Å². The van der Waals surface area contributed by atoms with E-state index in [2.05, 4.69) is 50.8 Å². The molecule has 1 amide bonds. The molecule has 2 aliphatic heterocycles. The highest BCUT2D eigenvalue weighted by Gasteiger charge is 2.46. The van der Waals surface area contributed by atoms with E-state index in [9.17, 15) is 4.79 Å². The molecule has 3 atom stereocenters. The molecule has 4 rings (SSSR count). The summed E-state index contributed by atoms with van der Waals surface area (Å²) in [6.07, 6.45) is 6.80. The largest absolute Gasteiger partial charge is 0.382 e. The lowest BCUT2D eigenvalue weighted by Gasteiger charge is -2.24. The number of anilines is 1. The summed E-state index contributed by atoms with van der Waals surface area (Å²) in [5.41, 5.74) is 2.32. The molecule has 26 heavy (non-hydrogen) atoms. The number of pyridine rings is 1. The number of hydrogen-bond donors (Lipinski definition) is 2. The standard InChI is InChI=1S/C21H26N4O/c26-21(24-12-11-23-17-8-4-10-22-15-17)18-14-20(16-6-2-1-3-7-16)25-13-5-9-19(18)25/h1-4,6-8,10,15,18-20,23H,5,9,11-14H2,(H,24,26)/t18-,19+,20-/m1/s1. The Morgan fingerprint density at radius 1 is 1.15 bits per heavy atom. The summed E-state index contributed by atoms with van der Waals surface area (Å²) in [6, 6.07) is 15.3. The van der Waals surface area contributed by atoms with Crippen LogP contribution < -0.4 is 10.6 Å². The molecule has 2 N–H and O–H groups in total. The van der Waals surface area contributed by atoms with Gasteiger partial charge in [0.2, 0.25) is 5.91 Å². The van der Waals surface area contributed by atoms with Crippen molar-refractivity contribution < 1.29 is 4.79 Å². The van der Waals surface area contributed by atoms with Crippen LogP contribution in [0.1, 0.15) is 30.9 Å². The van der Waals surface area contributed by atoms with Gasteiger partial charge in [0.15, 0.2) is 0 Å². The number of hydrogen-bond acceptors (Lipinski definition) is 4. The maximum Gasteiger partial charge on any atom is 0.224 e. The molecule has 136 valence electrons. The molecule has 1 aromatic carbocycles. The average Bonchev–Trinajstić information content (AvgIpc) is 3.29. The van der Waals surface area contributed by atoms with E-state index in [1.54, 1.807) is 12.4 Å². The molecule has 1 aromatic heterocycles. The lowest BCUT2D eigenvalue weighted by Crippen LogP contribution is -2.39. The molecule has 0 spiro atoms. The van der Waals surface area contributed by atoms with Crippen LogP contribution in [0.2, 0.25) is 0 Å². The van der Waals surface area contributed by atoms with Crippen LogP contribution >= 0.6 is 0 Å². The number of carbonyl (C=O) groups is 1. The van der Waals surface area contributed by atoms with Gasteiger partial charge in [-0.15, -0.1) is 0 Å². The Morgan fingerprint density at radius 2 is 2.04 bits per heavy atom. The normalized spacial score (nSPS) is 25.0. The molecule has 0 aliphatic carbocycles. The second kappa shape index (κ2) is 7.87. The van der Waals surface area contributed by atoms with Gasteiger partial charge in [-0.2, -0.15) is 0 Å². The maximum atomic E-state index is 12.8. The van der Waals surface area contributed by atoms with Crippen LogP contribution in [-0.4, -0.2) is 41.5 Å². The Labute approximate surface area is 154 Å². The van der Waals surface area contributed by atoms with Gasteiger partial charge in [0.05, 0.1) is 11.6 Å². The first-order valence-corrected chi connectivity index (χ1v) is 9.55. The second-order valence-electron chi connectivity index (χ2n) is 7.18. The van der Waals surface area contributed by atoms with Gasteiger partial charge in [-0.25, -0.2) is 0 Å². The number of rotatable bonds is 6. The van der Waals surface area contributed by atoms with Crippen molar-refractivity contribution in [3.8, 4) is 0 Å². The van der Waals surface area contributed by atoms with E-state index in [1.165, 1.54) is 12.0 Å². The highest BCUT2D eigenvalue weighted by Crippen LogP contribution is 2.44. The first-order chi connectivity index (χ1) is 12.8. The summed E-state index contributed by atoms with van der Waals surface area (Å²) >= 11 is 0. The molecule has 2 aliphatic rings. The Morgan fingerprint density at radius 3 is 2.85 bits per heavy atom. The second-order valence-corrected chi connectivity index (χ2v) is 7.18. The third kappa shape index (κ3) is 3.58. The number of amides is 1. The van der Waals surface area contributed by atoms with Gasteiger partial charge in [-0.05, 0) is 43.5 Å². The van der Waals surface area contributed by atoms with Gasteiger partial charge in [-0.3, -0.25) is 14.7 Å². The average molecular weight is 350 g/mol. The highest BCUT2D eigenvalue weighted by molar-refractivity contribution is 5.80. The van der Waals surface area contributed by atoms with Crippen LogP contribution in [0.5, 0.6) is 0 Å². The first-order valence-electron chi connectivity index (χ1n) is 9.55. The van der Waals surface area contributed by atoms with Crippen molar-refractivity contribution >= 4 is 11.6 Å². The Hall–Kier alpha value is -2.40. The van der Waals surface area contributed by atoms with Crippen LogP contribution in [-0.2, 0) is 4.79 Å². The molecule has 5 heteroatoms. The van der Waals surface area contributed by atoms with Crippen molar-refractivity contribution in [2.75, 3.05) is 25.0 Å². The molecule has 0 unspecified atom stereocenters. The molecular formula is C21H26N4O. The highest BCUT2D eigenvalue weighted by atomic mass is 16.2. The molecule has 2 fully saturated rings. The summed E-state index contributed by atoms with van der Waals surface area (Å²) in [6.45, 7) is 2.45. The molecular weight excluding hydrogens is 324 g/mol. The number of benzene rings is 1. The van der Waals surface area contributed by atoms with Gasteiger partial charge in [0.1, 0.15) is 0 Å². The maximum absolute atomic E-state index is 12.8. The molecule has 5 nitrogen and oxygen atoms in total. The summed E-state index contributed by atoms with van der Waals surface area (Å²) in [5, 5.41) is 6.41. The third-order valence-corrected chi connectivity index (χ3v) is 5.62. The Bertz CT molecular complexity index is 721. The smallest absolute Gasteiger partial charge is 0.224 e. The SMILES string of the molecule is O=C(NCCNc1cccnc1)[C@@H]1C[C@H](c2ccccc2)N2CCC[C@@H]12. The van der Waals surface area contributed by atoms with Crippen molar-refractivity contribution in [2.24, 2.45) is 5.92 Å². The van der Waals surface area contributed by atoms with Crippen molar-refractivity contribution in [3.05, 3.63) is 60.4 Å². The van der Waals surface area contributed by atoms with E-state index in [4.69, 9.17) is 0 Å². The zero-order chi connectivity index (χ0) is 17.8. The first kappa shape index (κ1) is 17.0. The van der Waals surface area contributed by atoms with E-state index >= 15 is 0 Å². The zero-order valence-electron chi connectivity index (χ0n) is 15.0. The minimum Gasteiger partial charge on any atom is -0.382 e. The van der Waals surface area contributed by atoms with Gasteiger partial charge in [0, 0.05) is 37.6 Å². The molecule has 0 radical (unpaired) electrons. The zero-order valence-corrected chi connectivity index (χ0v) is 15.0. The van der Waals surface area contributed by atoms with E-state index < -0.39 is 0 Å². The van der Waals surface area contributed by atoms with Crippen molar-refractivity contribution in [3.63, 3.8) is 0 Å². The minimum absolute atomic E-state index is 0.0982. The van der Waals surface area contributed by atoms with Crippen molar-refractivity contribution in [1.29, 1.82) is 0 Å². The number of nitrogens with zero attached hydrogens (tertiary/aromatic N) is 2. The quantitative estimate of drug-likeness (QED) is 0.787. The summed E-state index contributed by atoms with van der Waals surface area (Å²) in [7, 11) is 0. The van der Waals surface area contributed by atoms with Crippen molar-refractivity contribution in [1.82, 2.24) is 15.2 Å². The number of fused-ring (bicyclic) bond motifs is 1. The lowest BCUT2D eigenvalue weighted by molar-refractivity contribution is -0.125. The number of aromatic nitrogens is 1. The number of nitrogens with one attached hydrogen (secondary N) is 2. The van der Waals surface area contributed by atoms with Crippen LogP contribution in [0.25, 0.3) is 0 Å². The van der Waals surface area contributed by atoms with Crippen LogP contribution in [0.4, 0.5) is 5.69 Å². The van der Waals surface area contributed by atoms with Crippen LogP contribution in [0.15, 0.2) is 54.9 Å². The molecule has 2 saturated heterocycles. The fourth-order valence-corrected chi connectivity index (χ4v) is 4.44. The van der Waals surface area contributed by atoms with Crippen molar-refractivity contribution in [2.45, 2.75) is 31.3 Å². The van der Waals surface area contributed by atoms with E-state index in [-0.39, 0.29) is 11.8 Å². The molecule has 3 heterocycles. The van der Waals surface area contributed by atoms with E-state index in [0.29, 0.717) is 25.2 Å². The molecule has 0 saturated carbocycles. The van der Waals surface area contributed by atoms with Crippen LogP contribution in [0.3, 0.4) is 0 Å². The van der Waals surface area contributed by atoms with E-state index in [1.807, 2.05) is 12.1 Å². The summed E-state index contributed by atoms with van der Waals surface area (Å²) in [4.78, 5) is 19.4. The Kier molecular flexibility index (Phi) is 5.16. The molecule has 2 aromatic rings. The Balaban J connectivity index is 1.33. The third-order valence-electron chi connectivity index (χ3n) is 5.62. The number of carbonyl (C=O) groups excluding carboxylic acids is 1. The van der Waals surface area contributed by atoms with E-state index in [0.717, 1.165) is 25.1 Å². The fraction of sp³-hybridized carbons (Fsp3) is 0.429. The van der Waals surface area contributed by atoms with Gasteiger partial charge < -0.3 is 10.6 Å². The summed E-state index contributed by atoms with van der Waals surface area (Å²) < 4.78 is 0. The van der Waals surface area contributed by atoms with Gasteiger partial charge in [-0.1, -0.05) is 30.3 Å². The fourth-order valence-electron chi connectivity index (χ4n) is 4.44. The van der Waals surface area contributed by atoms with Crippen LogP contribution in [0, 0.1) is 5.92 Å². The van der Waals surface area contributed by atoms with Gasteiger partial charge >= 0.3 is 0 Å². The topological polar surface area (TPSA) is 57.3 Å². The monoisotopic (exact) mass is 350 g/mol. The summed E-state index contributed by atoms with van der Waals surface area (Å²) in [5.74, 6) is 0.300. The molecule has 0 bridgehead atoms. The minimum atomic E-state index is 0.0982.